The molecule has 0 spiro atoms. The Hall–Kier alpha value is -4.02. The van der Waals surface area contributed by atoms with Crippen LogP contribution in [-0.4, -0.2) is 59.8 Å². The molecule has 0 bridgehead atoms. The highest BCUT2D eigenvalue weighted by Gasteiger charge is 2.49. The van der Waals surface area contributed by atoms with E-state index in [1.165, 1.54) is 31.2 Å². The molecule has 2 aromatic carbocycles. The molecule has 35 heavy (non-hydrogen) atoms. The number of ether oxygens (including phenoxy) is 1. The minimum Gasteiger partial charge on any atom is -0.435 e. The van der Waals surface area contributed by atoms with Crippen LogP contribution in [0.2, 0.25) is 0 Å². The van der Waals surface area contributed by atoms with E-state index in [2.05, 4.69) is 15.4 Å². The summed E-state index contributed by atoms with van der Waals surface area (Å²) in [6.45, 7) is 2.85. The topological polar surface area (TPSA) is 108 Å². The maximum absolute atomic E-state index is 13.0. The Morgan fingerprint density at radius 2 is 1.66 bits per heavy atom. The van der Waals surface area contributed by atoms with Crippen LogP contribution in [0.5, 0.6) is 5.75 Å². The molecule has 0 aromatic heterocycles. The first-order valence-electron chi connectivity index (χ1n) is 11.0. The lowest BCUT2D eigenvalue weighted by Crippen LogP contribution is -2.42. The second-order valence-electron chi connectivity index (χ2n) is 7.95. The Kier molecular flexibility index (Phi) is 7.68. The number of carbonyl (C=O) groups excluding carboxylic acids is 4. The number of nitrogens with zero attached hydrogens (tertiary/aromatic N) is 2. The predicted molar refractivity (Wildman–Crippen MR) is 123 cm³/mol. The number of benzene rings is 2. The lowest BCUT2D eigenvalue weighted by Gasteiger charge is -2.22. The molecule has 186 valence electrons. The molecule has 3 rings (SSSR count). The number of anilines is 1. The van der Waals surface area contributed by atoms with Gasteiger partial charge in [-0.05, 0) is 62.7 Å². The molecule has 1 aliphatic heterocycles. The van der Waals surface area contributed by atoms with E-state index in [0.29, 0.717) is 29.9 Å². The molecule has 9 nitrogen and oxygen atoms in total. The minimum absolute atomic E-state index is 0.0924. The molecule has 0 unspecified atom stereocenters. The molecule has 5 amide bonds. The van der Waals surface area contributed by atoms with Gasteiger partial charge in [0.25, 0.3) is 11.8 Å². The van der Waals surface area contributed by atoms with Crippen LogP contribution < -0.4 is 15.4 Å². The van der Waals surface area contributed by atoms with Crippen molar-refractivity contribution in [3.63, 3.8) is 0 Å². The lowest BCUT2D eigenvalue weighted by molar-refractivity contribution is -0.133. The highest BCUT2D eigenvalue weighted by molar-refractivity contribution is 6.10. The Bertz CT molecular complexity index is 1100. The molecule has 1 aliphatic rings. The SMILES string of the molecule is CCN(CC)C(=O)c1ccc(NC(=O)CN2C(=O)N[C@@](C)(c3ccc(OC(F)F)cc3)C2=O)cc1. The third-order valence-corrected chi connectivity index (χ3v) is 5.70. The highest BCUT2D eigenvalue weighted by Crippen LogP contribution is 2.30. The fourth-order valence-electron chi connectivity index (χ4n) is 3.74. The summed E-state index contributed by atoms with van der Waals surface area (Å²) < 4.78 is 29.0. The molecule has 0 radical (unpaired) electrons. The van der Waals surface area contributed by atoms with E-state index in [0.717, 1.165) is 4.90 Å². The molecule has 1 fully saturated rings. The molecular formula is C24H26F2N4O5. The van der Waals surface area contributed by atoms with Gasteiger partial charge in [-0.15, -0.1) is 0 Å². The Balaban J connectivity index is 1.65. The normalized spacial score (nSPS) is 17.4. The summed E-state index contributed by atoms with van der Waals surface area (Å²) in [6, 6.07) is 10.8. The molecule has 11 heteroatoms. The number of nitrogens with one attached hydrogen (secondary N) is 2. The van der Waals surface area contributed by atoms with Crippen LogP contribution in [0, 0.1) is 0 Å². The number of halogens is 2. The first-order valence-corrected chi connectivity index (χ1v) is 11.0. The van der Waals surface area contributed by atoms with Crippen molar-refractivity contribution in [2.45, 2.75) is 32.9 Å². The second kappa shape index (κ2) is 10.5. The van der Waals surface area contributed by atoms with Crippen LogP contribution in [0.15, 0.2) is 48.5 Å². The standard InChI is InChI=1S/C24H26F2N4O5/c1-4-29(5-2)20(32)15-6-10-17(11-7-15)27-19(31)14-30-21(33)24(3,28-23(30)34)16-8-12-18(13-9-16)35-22(25)26/h6-13,22H,4-5,14H2,1-3H3,(H,27,31)(H,28,34)/t24-/m0/s1. The van der Waals surface area contributed by atoms with Crippen molar-refractivity contribution < 1.29 is 32.7 Å². The van der Waals surface area contributed by atoms with Crippen molar-refractivity contribution in [3.05, 3.63) is 59.7 Å². The minimum atomic E-state index is -2.99. The van der Waals surface area contributed by atoms with E-state index in [-0.39, 0.29) is 11.7 Å². The zero-order chi connectivity index (χ0) is 25.8. The Labute approximate surface area is 201 Å². The summed E-state index contributed by atoms with van der Waals surface area (Å²) in [5, 5.41) is 5.14. The van der Waals surface area contributed by atoms with E-state index >= 15 is 0 Å². The van der Waals surface area contributed by atoms with Gasteiger partial charge in [-0.1, -0.05) is 12.1 Å². The van der Waals surface area contributed by atoms with Crippen molar-refractivity contribution in [3.8, 4) is 5.75 Å². The molecule has 0 aliphatic carbocycles. The van der Waals surface area contributed by atoms with Crippen LogP contribution in [0.25, 0.3) is 0 Å². The third-order valence-electron chi connectivity index (χ3n) is 5.70. The van der Waals surface area contributed by atoms with Crippen molar-refractivity contribution in [1.82, 2.24) is 15.1 Å². The Morgan fingerprint density at radius 1 is 1.06 bits per heavy atom. The lowest BCUT2D eigenvalue weighted by atomic mass is 9.92. The summed E-state index contributed by atoms with van der Waals surface area (Å²) >= 11 is 0. The van der Waals surface area contributed by atoms with Gasteiger partial charge < -0.3 is 20.3 Å². The smallest absolute Gasteiger partial charge is 0.387 e. The van der Waals surface area contributed by atoms with Gasteiger partial charge in [0.2, 0.25) is 5.91 Å². The largest absolute Gasteiger partial charge is 0.435 e. The van der Waals surface area contributed by atoms with Gasteiger partial charge in [-0.2, -0.15) is 8.78 Å². The quantitative estimate of drug-likeness (QED) is 0.527. The summed E-state index contributed by atoms with van der Waals surface area (Å²) in [5.74, 6) is -1.49. The molecule has 1 heterocycles. The van der Waals surface area contributed by atoms with Gasteiger partial charge in [0.1, 0.15) is 17.8 Å². The number of alkyl halides is 2. The molecule has 1 saturated heterocycles. The predicted octanol–water partition coefficient (Wildman–Crippen LogP) is 3.18. The first-order chi connectivity index (χ1) is 16.6. The maximum Gasteiger partial charge on any atom is 0.387 e. The molecule has 2 N–H and O–H groups in total. The van der Waals surface area contributed by atoms with Gasteiger partial charge in [0, 0.05) is 24.3 Å². The van der Waals surface area contributed by atoms with Crippen LogP contribution in [0.1, 0.15) is 36.7 Å². The van der Waals surface area contributed by atoms with E-state index in [9.17, 15) is 28.0 Å². The molecule has 0 saturated carbocycles. The van der Waals surface area contributed by atoms with Crippen LogP contribution >= 0.6 is 0 Å². The zero-order valence-corrected chi connectivity index (χ0v) is 19.5. The summed E-state index contributed by atoms with van der Waals surface area (Å²) in [6.07, 6.45) is 0. The van der Waals surface area contributed by atoms with Crippen LogP contribution in [-0.2, 0) is 15.1 Å². The number of hydrogen-bond acceptors (Lipinski definition) is 5. The Morgan fingerprint density at radius 3 is 2.20 bits per heavy atom. The summed E-state index contributed by atoms with van der Waals surface area (Å²) in [4.78, 5) is 52.8. The van der Waals surface area contributed by atoms with Crippen molar-refractivity contribution in [2.75, 3.05) is 25.0 Å². The fraction of sp³-hybridized carbons (Fsp3) is 0.333. The number of urea groups is 1. The van der Waals surface area contributed by atoms with Gasteiger partial charge in [0.05, 0.1) is 0 Å². The molecular weight excluding hydrogens is 462 g/mol. The van der Waals surface area contributed by atoms with Crippen LogP contribution in [0.3, 0.4) is 0 Å². The van der Waals surface area contributed by atoms with Gasteiger partial charge in [-0.3, -0.25) is 19.3 Å². The number of hydrogen-bond donors (Lipinski definition) is 2. The molecule has 2 aromatic rings. The monoisotopic (exact) mass is 488 g/mol. The van der Waals surface area contributed by atoms with E-state index in [1.807, 2.05) is 13.8 Å². The highest BCUT2D eigenvalue weighted by atomic mass is 19.3. The van der Waals surface area contributed by atoms with Crippen LogP contribution in [0.4, 0.5) is 19.3 Å². The van der Waals surface area contributed by atoms with Gasteiger partial charge in [0.15, 0.2) is 0 Å². The van der Waals surface area contributed by atoms with Crippen molar-refractivity contribution >= 4 is 29.4 Å². The number of carbonyl (C=O) groups is 4. The maximum atomic E-state index is 13.0. The number of amides is 5. The van der Waals surface area contributed by atoms with E-state index < -0.39 is 36.5 Å². The average molecular weight is 488 g/mol. The van der Waals surface area contributed by atoms with Gasteiger partial charge in [-0.25, -0.2) is 4.79 Å². The van der Waals surface area contributed by atoms with Crippen molar-refractivity contribution in [1.29, 1.82) is 0 Å². The first kappa shape index (κ1) is 25.6. The average Bonchev–Trinajstić information content (AvgIpc) is 3.04. The zero-order valence-electron chi connectivity index (χ0n) is 19.5. The van der Waals surface area contributed by atoms with E-state index in [1.54, 1.807) is 29.2 Å². The summed E-state index contributed by atoms with van der Waals surface area (Å²) in [5.41, 5.74) is -0.265. The van der Waals surface area contributed by atoms with Gasteiger partial charge >= 0.3 is 12.6 Å². The van der Waals surface area contributed by atoms with Crippen molar-refractivity contribution in [2.24, 2.45) is 0 Å². The fourth-order valence-corrected chi connectivity index (χ4v) is 3.74. The van der Waals surface area contributed by atoms with E-state index in [4.69, 9.17) is 0 Å². The number of rotatable bonds is 9. The molecule has 1 atom stereocenters. The third kappa shape index (κ3) is 5.56. The summed E-state index contributed by atoms with van der Waals surface area (Å²) in [7, 11) is 0. The number of imide groups is 1. The second-order valence-corrected chi connectivity index (χ2v) is 7.95.